The lowest BCUT2D eigenvalue weighted by Crippen LogP contribution is -2.02. The average molecular weight is 158 g/mol. The van der Waals surface area contributed by atoms with Crippen molar-refractivity contribution in [1.29, 1.82) is 0 Å². The van der Waals surface area contributed by atoms with E-state index in [1.165, 1.54) is 0 Å². The van der Waals surface area contributed by atoms with Crippen molar-refractivity contribution < 1.29 is 23.7 Å². The largest absolute Gasteiger partial charge is 0.526 e. The van der Waals surface area contributed by atoms with Gasteiger partial charge in [-0.3, -0.25) is 26.3 Å². The van der Waals surface area contributed by atoms with Crippen molar-refractivity contribution >= 4 is 14.3 Å². The molecule has 0 bridgehead atoms. The Balaban J connectivity index is 0. The summed E-state index contributed by atoms with van der Waals surface area (Å²) in [7, 11) is -4.53. The molecule has 0 radical (unpaired) electrons. The van der Waals surface area contributed by atoms with Gasteiger partial charge in [-0.25, -0.2) is 4.57 Å². The SMILES string of the molecule is NN.O=COP(=O)(O)O. The minimum absolute atomic E-state index is 0.305. The normalized spacial score (nSPS) is 8.89. The molecular formula is CH7N2O5P. The average Bonchev–Trinajstić information content (AvgIpc) is 1.69. The molecule has 6 N–H and O–H groups in total. The van der Waals surface area contributed by atoms with E-state index in [9.17, 15) is 4.57 Å². The fourth-order valence-electron chi connectivity index (χ4n) is 0.0561. The van der Waals surface area contributed by atoms with Crippen LogP contribution in [0.5, 0.6) is 0 Å². The Hall–Kier alpha value is -0.460. The quantitative estimate of drug-likeness (QED) is 0.159. The summed E-state index contributed by atoms with van der Waals surface area (Å²) < 4.78 is 12.7. The first-order valence-electron chi connectivity index (χ1n) is 1.57. The molecule has 0 saturated carbocycles. The van der Waals surface area contributed by atoms with Crippen molar-refractivity contribution in [2.24, 2.45) is 11.7 Å². The molecule has 0 aliphatic rings. The third-order valence-electron chi connectivity index (χ3n) is 0.180. The molecule has 0 fully saturated rings. The van der Waals surface area contributed by atoms with E-state index in [0.717, 1.165) is 0 Å². The molecule has 8 heteroatoms. The van der Waals surface area contributed by atoms with Gasteiger partial charge in [-0.05, 0) is 0 Å². The number of phosphoric ester groups is 1. The van der Waals surface area contributed by atoms with Gasteiger partial charge in [0.15, 0.2) is 0 Å². The zero-order valence-electron chi connectivity index (χ0n) is 4.30. The zero-order chi connectivity index (χ0) is 7.91. The molecule has 0 aliphatic carbocycles. The second-order valence-corrected chi connectivity index (χ2v) is 1.88. The minimum Gasteiger partial charge on any atom is -0.373 e. The highest BCUT2D eigenvalue weighted by atomic mass is 31.2. The van der Waals surface area contributed by atoms with Crippen molar-refractivity contribution in [3.63, 3.8) is 0 Å². The Labute approximate surface area is 50.8 Å². The Morgan fingerprint density at radius 2 is 1.78 bits per heavy atom. The predicted octanol–water partition coefficient (Wildman–Crippen LogP) is -1.93. The van der Waals surface area contributed by atoms with Gasteiger partial charge in [0.2, 0.25) is 0 Å². The highest BCUT2D eigenvalue weighted by Crippen LogP contribution is 2.33. The van der Waals surface area contributed by atoms with Gasteiger partial charge in [-0.15, -0.1) is 0 Å². The number of phosphoric acid groups is 1. The van der Waals surface area contributed by atoms with E-state index in [4.69, 9.17) is 14.6 Å². The van der Waals surface area contributed by atoms with Crippen LogP contribution in [-0.2, 0) is 13.9 Å². The first-order valence-corrected chi connectivity index (χ1v) is 3.10. The summed E-state index contributed by atoms with van der Waals surface area (Å²) in [5, 5.41) is 0. The van der Waals surface area contributed by atoms with Gasteiger partial charge in [0.1, 0.15) is 0 Å². The van der Waals surface area contributed by atoms with E-state index < -0.39 is 7.82 Å². The summed E-state index contributed by atoms with van der Waals surface area (Å²) in [6, 6.07) is 0. The Kier molecular flexibility index (Phi) is 7.15. The summed E-state index contributed by atoms with van der Waals surface area (Å²) in [5.41, 5.74) is 0. The molecule has 0 heterocycles. The van der Waals surface area contributed by atoms with E-state index in [0.29, 0.717) is 0 Å². The summed E-state index contributed by atoms with van der Waals surface area (Å²) in [4.78, 5) is 24.5. The van der Waals surface area contributed by atoms with Crippen molar-refractivity contribution in [1.82, 2.24) is 0 Å². The summed E-state index contributed by atoms with van der Waals surface area (Å²) in [6.07, 6.45) is 0. The lowest BCUT2D eigenvalue weighted by atomic mass is 11.7. The first kappa shape index (κ1) is 11.4. The lowest BCUT2D eigenvalue weighted by Gasteiger charge is -1.93. The highest BCUT2D eigenvalue weighted by Gasteiger charge is 2.11. The standard InChI is InChI=1S/CH3O5P.H4N2/c2-1-6-7(3,4)5;1-2/h1H,(H2,3,4,5);1-2H2. The minimum atomic E-state index is -4.53. The molecule has 0 unspecified atom stereocenters. The number of hydrogen-bond acceptors (Lipinski definition) is 5. The van der Waals surface area contributed by atoms with Crippen LogP contribution in [-0.4, -0.2) is 16.3 Å². The van der Waals surface area contributed by atoms with Crippen LogP contribution >= 0.6 is 7.82 Å². The lowest BCUT2D eigenvalue weighted by molar-refractivity contribution is -0.121. The van der Waals surface area contributed by atoms with E-state index in [2.05, 4.69) is 16.2 Å². The number of hydrogen-bond donors (Lipinski definition) is 4. The molecule has 0 rings (SSSR count). The maximum absolute atomic E-state index is 9.47. The van der Waals surface area contributed by atoms with E-state index in [1.807, 2.05) is 0 Å². The van der Waals surface area contributed by atoms with Crippen molar-refractivity contribution in [3.8, 4) is 0 Å². The third kappa shape index (κ3) is 18.5. The Morgan fingerprint density at radius 1 is 1.44 bits per heavy atom. The van der Waals surface area contributed by atoms with Gasteiger partial charge in [0.25, 0.3) is 0 Å². The molecule has 0 atom stereocenters. The topological polar surface area (TPSA) is 136 Å². The fraction of sp³-hybridized carbons (Fsp3) is 0. The monoisotopic (exact) mass is 158 g/mol. The third-order valence-corrected chi connectivity index (χ3v) is 0.541. The molecule has 0 saturated heterocycles. The number of nitrogens with two attached hydrogens (primary N) is 2. The zero-order valence-corrected chi connectivity index (χ0v) is 5.19. The molecule has 0 aromatic carbocycles. The van der Waals surface area contributed by atoms with Gasteiger partial charge in [-0.2, -0.15) is 0 Å². The summed E-state index contributed by atoms with van der Waals surface area (Å²) in [6.45, 7) is -0.305. The number of carbonyl (C=O) groups excluding carboxylic acids is 1. The van der Waals surface area contributed by atoms with Crippen LogP contribution < -0.4 is 11.7 Å². The van der Waals surface area contributed by atoms with Gasteiger partial charge >= 0.3 is 14.3 Å². The molecule has 0 aromatic rings. The van der Waals surface area contributed by atoms with Gasteiger partial charge < -0.3 is 4.52 Å². The second kappa shape index (κ2) is 5.67. The van der Waals surface area contributed by atoms with Crippen LogP contribution in [0, 0.1) is 0 Å². The van der Waals surface area contributed by atoms with E-state index in [-0.39, 0.29) is 6.47 Å². The molecule has 56 valence electrons. The smallest absolute Gasteiger partial charge is 0.373 e. The van der Waals surface area contributed by atoms with Gasteiger partial charge in [0.05, 0.1) is 0 Å². The predicted molar refractivity (Wildman–Crippen MR) is 27.6 cm³/mol. The van der Waals surface area contributed by atoms with Crippen LogP contribution in [0.15, 0.2) is 0 Å². The molecule has 0 spiro atoms. The van der Waals surface area contributed by atoms with Crippen LogP contribution in [0.4, 0.5) is 0 Å². The van der Waals surface area contributed by atoms with E-state index >= 15 is 0 Å². The molecule has 7 nitrogen and oxygen atoms in total. The number of rotatable bonds is 2. The maximum atomic E-state index is 9.47. The number of hydrazine groups is 1. The molecule has 0 aliphatic heterocycles. The summed E-state index contributed by atoms with van der Waals surface area (Å²) in [5.74, 6) is 8.00. The van der Waals surface area contributed by atoms with Crippen LogP contribution in [0.25, 0.3) is 0 Å². The van der Waals surface area contributed by atoms with Gasteiger partial charge in [0, 0.05) is 0 Å². The van der Waals surface area contributed by atoms with Crippen LogP contribution in [0.2, 0.25) is 0 Å². The van der Waals surface area contributed by atoms with E-state index in [1.54, 1.807) is 0 Å². The first-order chi connectivity index (χ1) is 4.06. The second-order valence-electron chi connectivity index (χ2n) is 0.692. The fourth-order valence-corrected chi connectivity index (χ4v) is 0.168. The van der Waals surface area contributed by atoms with Gasteiger partial charge in [-0.1, -0.05) is 0 Å². The van der Waals surface area contributed by atoms with Crippen molar-refractivity contribution in [2.75, 3.05) is 0 Å². The number of carbonyl (C=O) groups is 1. The molecule has 0 amide bonds. The molecule has 9 heavy (non-hydrogen) atoms. The van der Waals surface area contributed by atoms with Crippen molar-refractivity contribution in [3.05, 3.63) is 0 Å². The van der Waals surface area contributed by atoms with Crippen LogP contribution in [0.3, 0.4) is 0 Å². The Bertz CT molecular complexity index is 108. The maximum Gasteiger partial charge on any atom is 0.526 e. The van der Waals surface area contributed by atoms with Crippen LogP contribution in [0.1, 0.15) is 0 Å². The summed E-state index contributed by atoms with van der Waals surface area (Å²) >= 11 is 0. The Morgan fingerprint density at radius 3 is 1.78 bits per heavy atom. The molecular weight excluding hydrogens is 151 g/mol. The van der Waals surface area contributed by atoms with Crippen molar-refractivity contribution in [2.45, 2.75) is 0 Å². The molecule has 0 aromatic heterocycles. The highest BCUT2D eigenvalue weighted by molar-refractivity contribution is 7.46.